The molecule has 174 valence electrons. The number of carbonyl (C=O) groups excluding carboxylic acids is 2. The summed E-state index contributed by atoms with van der Waals surface area (Å²) in [5, 5.41) is 31.6. The molecule has 2 aromatic carbocycles. The van der Waals surface area contributed by atoms with Crippen LogP contribution in [0, 0.1) is 10.1 Å². The van der Waals surface area contributed by atoms with Gasteiger partial charge in [0.25, 0.3) is 17.4 Å². The molecule has 0 bridgehead atoms. The van der Waals surface area contributed by atoms with E-state index in [2.05, 4.69) is 0 Å². The zero-order valence-electron chi connectivity index (χ0n) is 18.0. The Morgan fingerprint density at radius 2 is 1.82 bits per heavy atom. The van der Waals surface area contributed by atoms with E-state index >= 15 is 0 Å². The average Bonchev–Trinajstić information content (AvgIpc) is 3.07. The monoisotopic (exact) mass is 456 g/mol. The number of rotatable bonds is 10. The van der Waals surface area contributed by atoms with E-state index in [0.29, 0.717) is 12.4 Å². The predicted molar refractivity (Wildman–Crippen MR) is 118 cm³/mol. The minimum Gasteiger partial charge on any atom is -0.507 e. The maximum absolute atomic E-state index is 13.0. The minimum absolute atomic E-state index is 0.00614. The Kier molecular flexibility index (Phi) is 7.75. The molecule has 0 unspecified atom stereocenters. The summed E-state index contributed by atoms with van der Waals surface area (Å²) in [5.74, 6) is -1.74. The van der Waals surface area contributed by atoms with Gasteiger partial charge in [0.1, 0.15) is 11.5 Å². The Morgan fingerprint density at radius 3 is 2.45 bits per heavy atom. The molecule has 1 fully saturated rings. The lowest BCUT2D eigenvalue weighted by Gasteiger charge is -2.25. The van der Waals surface area contributed by atoms with Crippen molar-refractivity contribution in [1.82, 2.24) is 4.90 Å². The Hall–Kier alpha value is -3.76. The molecule has 0 aromatic heterocycles. The quantitative estimate of drug-likeness (QED) is 0.139. The molecule has 0 saturated carbocycles. The third-order valence-electron chi connectivity index (χ3n) is 5.12. The summed E-state index contributed by atoms with van der Waals surface area (Å²) < 4.78 is 10.6. The van der Waals surface area contributed by atoms with Crippen molar-refractivity contribution in [3.8, 4) is 5.75 Å². The predicted octanol–water partition coefficient (Wildman–Crippen LogP) is 2.42. The SMILES string of the molecule is CCOc1ccc(/C(O)=C2\C(=O)C(=O)N(CCOCCO)[C@H]2c2ccccc2[N+](=O)[O-])cc1. The number of hydrogen-bond donors (Lipinski definition) is 2. The lowest BCUT2D eigenvalue weighted by molar-refractivity contribution is -0.385. The lowest BCUT2D eigenvalue weighted by Crippen LogP contribution is -2.33. The molecule has 10 nitrogen and oxygen atoms in total. The molecule has 0 aliphatic carbocycles. The van der Waals surface area contributed by atoms with E-state index in [-0.39, 0.29) is 48.8 Å². The van der Waals surface area contributed by atoms with E-state index in [1.807, 2.05) is 6.92 Å². The normalized spacial score (nSPS) is 17.4. The molecular weight excluding hydrogens is 432 g/mol. The first kappa shape index (κ1) is 23.9. The van der Waals surface area contributed by atoms with Crippen LogP contribution in [0.4, 0.5) is 5.69 Å². The van der Waals surface area contributed by atoms with E-state index in [1.54, 1.807) is 18.2 Å². The van der Waals surface area contributed by atoms with Crippen LogP contribution in [-0.4, -0.2) is 64.7 Å². The summed E-state index contributed by atoms with van der Waals surface area (Å²) in [4.78, 5) is 38.0. The Morgan fingerprint density at radius 1 is 1.12 bits per heavy atom. The number of hydrogen-bond acceptors (Lipinski definition) is 8. The first-order chi connectivity index (χ1) is 15.9. The lowest BCUT2D eigenvalue weighted by atomic mass is 9.94. The number of ketones is 1. The van der Waals surface area contributed by atoms with Crippen LogP contribution in [0.1, 0.15) is 24.1 Å². The van der Waals surface area contributed by atoms with Gasteiger partial charge in [-0.15, -0.1) is 0 Å². The third-order valence-corrected chi connectivity index (χ3v) is 5.12. The number of aliphatic hydroxyl groups excluding tert-OH is 2. The number of nitro benzene ring substituents is 1. The topological polar surface area (TPSA) is 139 Å². The number of benzene rings is 2. The molecular formula is C23H24N2O8. The van der Waals surface area contributed by atoms with Gasteiger partial charge in [-0.3, -0.25) is 19.7 Å². The standard InChI is InChI=1S/C23H24N2O8/c1-2-33-16-9-7-15(8-10-16)21(27)19-20(17-5-3-4-6-18(17)25(30)31)24(23(29)22(19)28)11-13-32-14-12-26/h3-10,20,26-27H,2,11-14H2,1H3/b21-19+/t20-/m0/s1. The van der Waals surface area contributed by atoms with Gasteiger partial charge in [0.05, 0.1) is 48.5 Å². The number of ether oxygens (including phenoxy) is 2. The van der Waals surface area contributed by atoms with Gasteiger partial charge in [0.15, 0.2) is 0 Å². The van der Waals surface area contributed by atoms with Crippen LogP contribution < -0.4 is 4.74 Å². The van der Waals surface area contributed by atoms with E-state index in [0.717, 1.165) is 4.90 Å². The highest BCUT2D eigenvalue weighted by atomic mass is 16.6. The van der Waals surface area contributed by atoms with Crippen LogP contribution in [0.15, 0.2) is 54.1 Å². The van der Waals surface area contributed by atoms with E-state index < -0.39 is 28.4 Å². The van der Waals surface area contributed by atoms with Crippen molar-refractivity contribution < 1.29 is 34.2 Å². The van der Waals surface area contributed by atoms with E-state index in [1.165, 1.54) is 30.3 Å². The Labute approximate surface area is 189 Å². The number of para-hydroxylation sites is 1. The fourth-order valence-electron chi connectivity index (χ4n) is 3.68. The second kappa shape index (κ2) is 10.7. The number of carbonyl (C=O) groups is 2. The van der Waals surface area contributed by atoms with Crippen molar-refractivity contribution in [3.05, 3.63) is 75.3 Å². The van der Waals surface area contributed by atoms with Crippen LogP contribution in [-0.2, 0) is 14.3 Å². The second-order valence-electron chi connectivity index (χ2n) is 7.10. The smallest absolute Gasteiger partial charge is 0.295 e. The van der Waals surface area contributed by atoms with Crippen LogP contribution in [0.3, 0.4) is 0 Å². The second-order valence-corrected chi connectivity index (χ2v) is 7.10. The third kappa shape index (κ3) is 5.02. The maximum atomic E-state index is 13.0. The highest BCUT2D eigenvalue weighted by Crippen LogP contribution is 2.42. The maximum Gasteiger partial charge on any atom is 0.295 e. The van der Waals surface area contributed by atoms with Crippen molar-refractivity contribution in [2.45, 2.75) is 13.0 Å². The summed E-state index contributed by atoms with van der Waals surface area (Å²) >= 11 is 0. The van der Waals surface area contributed by atoms with Gasteiger partial charge in [-0.25, -0.2) is 0 Å². The minimum atomic E-state index is -1.18. The molecule has 1 heterocycles. The summed E-state index contributed by atoms with van der Waals surface area (Å²) in [6.45, 7) is 2.02. The molecule has 33 heavy (non-hydrogen) atoms. The first-order valence-corrected chi connectivity index (χ1v) is 10.3. The highest BCUT2D eigenvalue weighted by Gasteiger charge is 2.47. The van der Waals surface area contributed by atoms with E-state index in [4.69, 9.17) is 14.6 Å². The molecule has 1 aliphatic rings. The zero-order chi connectivity index (χ0) is 24.0. The van der Waals surface area contributed by atoms with Gasteiger partial charge >= 0.3 is 0 Å². The Balaban J connectivity index is 2.12. The van der Waals surface area contributed by atoms with Crippen LogP contribution >= 0.6 is 0 Å². The fraction of sp³-hybridized carbons (Fsp3) is 0.304. The van der Waals surface area contributed by atoms with Gasteiger partial charge < -0.3 is 24.6 Å². The molecule has 1 aliphatic heterocycles. The van der Waals surface area contributed by atoms with Crippen molar-refractivity contribution in [2.24, 2.45) is 0 Å². The Bertz CT molecular complexity index is 1060. The number of nitro groups is 1. The molecule has 0 spiro atoms. The summed E-state index contributed by atoms with van der Waals surface area (Å²) in [6, 6.07) is 10.9. The zero-order valence-corrected chi connectivity index (χ0v) is 18.0. The van der Waals surface area contributed by atoms with Gasteiger partial charge in [0.2, 0.25) is 0 Å². The summed E-state index contributed by atoms with van der Waals surface area (Å²) in [5.41, 5.74) is -0.184. The molecule has 2 N–H and O–H groups in total. The van der Waals surface area contributed by atoms with Crippen LogP contribution in [0.2, 0.25) is 0 Å². The van der Waals surface area contributed by atoms with Crippen molar-refractivity contribution in [2.75, 3.05) is 33.0 Å². The first-order valence-electron chi connectivity index (χ1n) is 10.3. The molecule has 10 heteroatoms. The molecule has 1 atom stereocenters. The van der Waals surface area contributed by atoms with Gasteiger partial charge in [-0.05, 0) is 37.3 Å². The number of aliphatic hydroxyl groups is 2. The molecule has 1 amide bonds. The van der Waals surface area contributed by atoms with Gasteiger partial charge in [-0.2, -0.15) is 0 Å². The molecule has 3 rings (SSSR count). The molecule has 1 saturated heterocycles. The van der Waals surface area contributed by atoms with Crippen molar-refractivity contribution in [1.29, 1.82) is 0 Å². The van der Waals surface area contributed by atoms with E-state index in [9.17, 15) is 24.8 Å². The van der Waals surface area contributed by atoms with Crippen LogP contribution in [0.5, 0.6) is 5.75 Å². The number of amides is 1. The average molecular weight is 456 g/mol. The highest BCUT2D eigenvalue weighted by molar-refractivity contribution is 6.46. The largest absolute Gasteiger partial charge is 0.507 e. The summed E-state index contributed by atoms with van der Waals surface area (Å²) in [7, 11) is 0. The number of likely N-dealkylation sites (tertiary alicyclic amines) is 1. The molecule has 2 aromatic rings. The molecule has 0 radical (unpaired) electrons. The van der Waals surface area contributed by atoms with Gasteiger partial charge in [0, 0.05) is 18.2 Å². The van der Waals surface area contributed by atoms with Gasteiger partial charge in [-0.1, -0.05) is 12.1 Å². The summed E-state index contributed by atoms with van der Waals surface area (Å²) in [6.07, 6.45) is 0. The van der Waals surface area contributed by atoms with Crippen molar-refractivity contribution >= 4 is 23.1 Å². The number of nitrogens with zero attached hydrogens (tertiary/aromatic N) is 2. The van der Waals surface area contributed by atoms with Crippen molar-refractivity contribution in [3.63, 3.8) is 0 Å². The fourth-order valence-corrected chi connectivity index (χ4v) is 3.68. The number of Topliss-reactive ketones (excluding diaryl/α,β-unsaturated/α-hetero) is 1. The van der Waals surface area contributed by atoms with Crippen LogP contribution in [0.25, 0.3) is 5.76 Å².